The molecule has 8 nitrogen and oxygen atoms in total. The van der Waals surface area contributed by atoms with Gasteiger partial charge in [0.05, 0.1) is 11.9 Å². The monoisotopic (exact) mass is 446 g/mol. The summed E-state index contributed by atoms with van der Waals surface area (Å²) in [7, 11) is 0. The maximum absolute atomic E-state index is 4.67. The molecule has 3 N–H and O–H groups in total. The van der Waals surface area contributed by atoms with Crippen LogP contribution in [0.15, 0.2) is 67.3 Å². The Bertz CT molecular complexity index is 1350. The van der Waals surface area contributed by atoms with E-state index in [4.69, 9.17) is 0 Å². The van der Waals surface area contributed by atoms with E-state index in [1.54, 1.807) is 10.7 Å². The van der Waals surface area contributed by atoms with Crippen LogP contribution in [0.3, 0.4) is 0 Å². The molecule has 32 heavy (non-hydrogen) atoms. The van der Waals surface area contributed by atoms with E-state index < -0.39 is 0 Å². The first kappa shape index (κ1) is 20.3. The molecule has 0 bridgehead atoms. The van der Waals surface area contributed by atoms with Crippen molar-refractivity contribution in [3.05, 3.63) is 67.3 Å². The van der Waals surface area contributed by atoms with Crippen LogP contribution in [-0.4, -0.2) is 50.7 Å². The summed E-state index contributed by atoms with van der Waals surface area (Å²) in [6.07, 6.45) is 7.58. The summed E-state index contributed by atoms with van der Waals surface area (Å²) < 4.78 is 1.80. The second-order valence-corrected chi connectivity index (χ2v) is 7.65. The number of fused-ring (bicyclic) bond motifs is 2. The first-order valence-corrected chi connectivity index (χ1v) is 10.4. The van der Waals surface area contributed by atoms with E-state index in [-0.39, 0.29) is 12.4 Å². The van der Waals surface area contributed by atoms with Gasteiger partial charge >= 0.3 is 0 Å². The summed E-state index contributed by atoms with van der Waals surface area (Å²) in [4.78, 5) is 14.8. The van der Waals surface area contributed by atoms with E-state index in [0.29, 0.717) is 5.82 Å². The smallest absolute Gasteiger partial charge is 0.161 e. The number of aromatic nitrogens is 5. The highest BCUT2D eigenvalue weighted by Gasteiger charge is 2.14. The standard InChI is InChI=1S/C23H22N8.ClH/c1-2-4-20-17(3-1)19(15-26-20)18-13-22(29-31-12-9-25-23(18)31)28-21-6-5-16(14-27-21)30-10-7-24-8-11-30;/h1-6,9,12-15,24,26H,7-8,10-11H2,(H,27,28,29);1H. The Morgan fingerprint density at radius 2 is 1.81 bits per heavy atom. The van der Waals surface area contributed by atoms with Gasteiger partial charge in [0, 0.05) is 66.8 Å². The van der Waals surface area contributed by atoms with Crippen molar-refractivity contribution in [2.24, 2.45) is 0 Å². The van der Waals surface area contributed by atoms with Gasteiger partial charge in [-0.15, -0.1) is 17.5 Å². The molecule has 1 aliphatic rings. The van der Waals surface area contributed by atoms with E-state index in [1.165, 1.54) is 0 Å². The number of benzene rings is 1. The SMILES string of the molecule is Cl.c1ccc2c(-c3cc(Nc4ccc(N5CCNCC5)cn4)nn4ccnc34)c[nH]c2c1. The number of piperazine rings is 1. The molecule has 5 heterocycles. The highest BCUT2D eigenvalue weighted by atomic mass is 35.5. The van der Waals surface area contributed by atoms with Crippen LogP contribution in [0.25, 0.3) is 27.7 Å². The quantitative estimate of drug-likeness (QED) is 0.389. The fraction of sp³-hybridized carbons (Fsp3) is 0.174. The van der Waals surface area contributed by atoms with E-state index in [0.717, 1.165) is 65.4 Å². The van der Waals surface area contributed by atoms with Crippen molar-refractivity contribution in [2.75, 3.05) is 36.4 Å². The van der Waals surface area contributed by atoms with E-state index in [2.05, 4.69) is 53.8 Å². The average Bonchev–Trinajstić information content (AvgIpc) is 3.47. The van der Waals surface area contributed by atoms with E-state index in [9.17, 15) is 0 Å². The van der Waals surface area contributed by atoms with Gasteiger partial charge in [0.25, 0.3) is 0 Å². The zero-order valence-electron chi connectivity index (χ0n) is 17.3. The molecule has 0 unspecified atom stereocenters. The molecule has 6 rings (SSSR count). The predicted molar refractivity (Wildman–Crippen MR) is 130 cm³/mol. The molecule has 0 radical (unpaired) electrons. The molecule has 1 aliphatic heterocycles. The maximum Gasteiger partial charge on any atom is 0.161 e. The number of aromatic amines is 1. The van der Waals surface area contributed by atoms with Crippen molar-refractivity contribution in [1.29, 1.82) is 0 Å². The van der Waals surface area contributed by atoms with Crippen LogP contribution in [0.5, 0.6) is 0 Å². The zero-order chi connectivity index (χ0) is 20.6. The number of imidazole rings is 1. The molecule has 0 aliphatic carbocycles. The normalized spacial score (nSPS) is 13.9. The van der Waals surface area contributed by atoms with Crippen LogP contribution in [-0.2, 0) is 0 Å². The molecule has 0 amide bonds. The van der Waals surface area contributed by atoms with Gasteiger partial charge in [-0.25, -0.2) is 14.5 Å². The topological polar surface area (TPSA) is 86.2 Å². The fourth-order valence-corrected chi connectivity index (χ4v) is 4.17. The summed E-state index contributed by atoms with van der Waals surface area (Å²) in [5.41, 5.74) is 5.16. The third-order valence-electron chi connectivity index (χ3n) is 5.72. The summed E-state index contributed by atoms with van der Waals surface area (Å²) in [6, 6.07) is 14.4. The van der Waals surface area contributed by atoms with Crippen LogP contribution in [0.4, 0.5) is 17.3 Å². The molecular formula is C23H23ClN8. The lowest BCUT2D eigenvalue weighted by atomic mass is 10.1. The molecular weight excluding hydrogens is 424 g/mol. The third kappa shape index (κ3) is 3.63. The van der Waals surface area contributed by atoms with Crippen LogP contribution in [0.2, 0.25) is 0 Å². The molecule has 4 aromatic heterocycles. The molecule has 0 atom stereocenters. The minimum atomic E-state index is 0. The van der Waals surface area contributed by atoms with Crippen molar-refractivity contribution >= 4 is 46.3 Å². The molecule has 1 saturated heterocycles. The van der Waals surface area contributed by atoms with Gasteiger partial charge in [-0.2, -0.15) is 0 Å². The van der Waals surface area contributed by atoms with Crippen molar-refractivity contribution in [2.45, 2.75) is 0 Å². The van der Waals surface area contributed by atoms with Gasteiger partial charge in [-0.1, -0.05) is 18.2 Å². The number of para-hydroxylation sites is 1. The van der Waals surface area contributed by atoms with Crippen molar-refractivity contribution < 1.29 is 0 Å². The molecule has 1 fully saturated rings. The summed E-state index contributed by atoms with van der Waals surface area (Å²) in [5.74, 6) is 1.48. The Morgan fingerprint density at radius 3 is 2.66 bits per heavy atom. The highest BCUT2D eigenvalue weighted by molar-refractivity contribution is 5.99. The number of H-pyrrole nitrogens is 1. The lowest BCUT2D eigenvalue weighted by molar-refractivity contribution is 0.589. The Morgan fingerprint density at radius 1 is 0.938 bits per heavy atom. The van der Waals surface area contributed by atoms with Gasteiger partial charge in [-0.3, -0.25) is 0 Å². The number of hydrogen-bond acceptors (Lipinski definition) is 6. The number of hydrogen-bond donors (Lipinski definition) is 3. The Balaban J connectivity index is 0.00000216. The van der Waals surface area contributed by atoms with Crippen molar-refractivity contribution in [3.63, 3.8) is 0 Å². The van der Waals surface area contributed by atoms with Crippen molar-refractivity contribution in [1.82, 2.24) is 29.9 Å². The third-order valence-corrected chi connectivity index (χ3v) is 5.72. The van der Waals surface area contributed by atoms with Crippen LogP contribution < -0.4 is 15.5 Å². The summed E-state index contributed by atoms with van der Waals surface area (Å²) in [5, 5.41) is 12.6. The van der Waals surface area contributed by atoms with Gasteiger partial charge in [0.2, 0.25) is 0 Å². The number of nitrogens with one attached hydrogen (secondary N) is 3. The average molecular weight is 447 g/mol. The van der Waals surface area contributed by atoms with Crippen molar-refractivity contribution in [3.8, 4) is 11.1 Å². The van der Waals surface area contributed by atoms with Gasteiger partial charge in [-0.05, 0) is 24.3 Å². The molecule has 5 aromatic rings. The largest absolute Gasteiger partial charge is 0.368 e. The van der Waals surface area contributed by atoms with E-state index in [1.807, 2.05) is 42.9 Å². The Hall–Kier alpha value is -3.62. The van der Waals surface area contributed by atoms with Gasteiger partial charge < -0.3 is 20.5 Å². The lowest BCUT2D eigenvalue weighted by Gasteiger charge is -2.29. The zero-order valence-corrected chi connectivity index (χ0v) is 18.1. The molecule has 0 saturated carbocycles. The number of anilines is 3. The first-order valence-electron chi connectivity index (χ1n) is 10.4. The van der Waals surface area contributed by atoms with Crippen LogP contribution >= 0.6 is 12.4 Å². The Kier molecular flexibility index (Phi) is 5.38. The number of pyridine rings is 1. The molecule has 0 spiro atoms. The number of rotatable bonds is 4. The fourth-order valence-electron chi connectivity index (χ4n) is 4.17. The minimum Gasteiger partial charge on any atom is -0.368 e. The van der Waals surface area contributed by atoms with E-state index >= 15 is 0 Å². The highest BCUT2D eigenvalue weighted by Crippen LogP contribution is 2.32. The second-order valence-electron chi connectivity index (χ2n) is 7.65. The van der Waals surface area contributed by atoms with Crippen LogP contribution in [0.1, 0.15) is 0 Å². The van der Waals surface area contributed by atoms with Crippen LogP contribution in [0, 0.1) is 0 Å². The molecule has 9 heteroatoms. The predicted octanol–water partition coefficient (Wildman–Crippen LogP) is 3.85. The summed E-state index contributed by atoms with van der Waals surface area (Å²) >= 11 is 0. The number of halogens is 1. The summed E-state index contributed by atoms with van der Waals surface area (Å²) in [6.45, 7) is 4.01. The lowest BCUT2D eigenvalue weighted by Crippen LogP contribution is -2.43. The number of nitrogens with zero attached hydrogens (tertiary/aromatic N) is 5. The Labute approximate surface area is 191 Å². The molecule has 162 valence electrons. The first-order chi connectivity index (χ1) is 15.3. The van der Waals surface area contributed by atoms with Gasteiger partial charge in [0.15, 0.2) is 11.5 Å². The maximum atomic E-state index is 4.67. The minimum absolute atomic E-state index is 0. The second kappa shape index (κ2) is 8.49. The van der Waals surface area contributed by atoms with Gasteiger partial charge in [0.1, 0.15) is 5.82 Å². The molecule has 1 aromatic carbocycles.